The van der Waals surface area contributed by atoms with Gasteiger partial charge in [-0.2, -0.15) is 0 Å². The van der Waals surface area contributed by atoms with Gasteiger partial charge in [0.25, 0.3) is 5.91 Å². The molecule has 0 fully saturated rings. The highest BCUT2D eigenvalue weighted by Crippen LogP contribution is 2.17. The number of carbonyl (C=O) groups is 1. The topological polar surface area (TPSA) is 59.4 Å². The molecule has 28 heavy (non-hydrogen) atoms. The molecule has 1 N–H and O–H groups in total. The van der Waals surface area contributed by atoms with E-state index in [1.807, 2.05) is 48.5 Å². The summed E-state index contributed by atoms with van der Waals surface area (Å²) in [6, 6.07) is 17.5. The Hall–Kier alpha value is -2.86. The summed E-state index contributed by atoms with van der Waals surface area (Å²) in [5, 5.41) is 2.92. The number of aryl methyl sites for hydroxylation is 1. The van der Waals surface area contributed by atoms with Gasteiger partial charge in [-0.25, -0.2) is 4.98 Å². The largest absolute Gasteiger partial charge is 0.484 e. The van der Waals surface area contributed by atoms with Gasteiger partial charge in [0.1, 0.15) is 11.6 Å². The summed E-state index contributed by atoms with van der Waals surface area (Å²) in [4.78, 5) is 19.0. The van der Waals surface area contributed by atoms with E-state index in [1.165, 1.54) is 0 Å². The number of ether oxygens (including phenoxy) is 1. The molecule has 3 rings (SSSR count). The molecule has 0 atom stereocenters. The molecule has 1 heterocycles. The van der Waals surface area contributed by atoms with Gasteiger partial charge in [0.15, 0.2) is 6.61 Å². The average Bonchev–Trinajstić information content (AvgIpc) is 3.04. The SMILES string of the molecule is CN(C)CCCn1c(CCNC(=O)COc2ccccc2)nc2ccccc21. The van der Waals surface area contributed by atoms with Crippen LogP contribution in [0, 0.1) is 0 Å². The maximum atomic E-state index is 12.0. The zero-order chi connectivity index (χ0) is 19.8. The number of rotatable bonds is 10. The second-order valence-corrected chi connectivity index (χ2v) is 7.03. The molecule has 2 aromatic carbocycles. The summed E-state index contributed by atoms with van der Waals surface area (Å²) in [5.74, 6) is 1.57. The third-order valence-corrected chi connectivity index (χ3v) is 4.50. The van der Waals surface area contributed by atoms with Crippen LogP contribution in [0.1, 0.15) is 12.2 Å². The van der Waals surface area contributed by atoms with E-state index in [-0.39, 0.29) is 12.5 Å². The van der Waals surface area contributed by atoms with Crippen molar-refractivity contribution in [3.63, 3.8) is 0 Å². The summed E-state index contributed by atoms with van der Waals surface area (Å²) in [7, 11) is 4.17. The lowest BCUT2D eigenvalue weighted by atomic mass is 10.3. The maximum Gasteiger partial charge on any atom is 0.257 e. The number of nitrogens with zero attached hydrogens (tertiary/aromatic N) is 3. The highest BCUT2D eigenvalue weighted by molar-refractivity contribution is 5.77. The van der Waals surface area contributed by atoms with Crippen LogP contribution in [0.25, 0.3) is 11.0 Å². The minimum absolute atomic E-state index is 0.0171. The standard InChI is InChI=1S/C22H28N4O2/c1-25(2)15-8-16-26-20-12-7-6-11-19(20)24-21(26)13-14-23-22(27)17-28-18-9-4-3-5-10-18/h3-7,9-12H,8,13-17H2,1-2H3,(H,23,27). The Morgan fingerprint density at radius 3 is 2.64 bits per heavy atom. The zero-order valence-corrected chi connectivity index (χ0v) is 16.6. The van der Waals surface area contributed by atoms with Crippen LogP contribution in [0.4, 0.5) is 0 Å². The van der Waals surface area contributed by atoms with Crippen molar-refractivity contribution in [2.24, 2.45) is 0 Å². The molecule has 0 aliphatic carbocycles. The van der Waals surface area contributed by atoms with Gasteiger partial charge in [-0.1, -0.05) is 30.3 Å². The van der Waals surface area contributed by atoms with E-state index < -0.39 is 0 Å². The highest BCUT2D eigenvalue weighted by Gasteiger charge is 2.11. The Labute approximate surface area is 166 Å². The van der Waals surface area contributed by atoms with Gasteiger partial charge in [-0.3, -0.25) is 4.79 Å². The minimum Gasteiger partial charge on any atom is -0.484 e. The van der Waals surface area contributed by atoms with E-state index in [0.717, 1.165) is 36.4 Å². The minimum atomic E-state index is -0.126. The van der Waals surface area contributed by atoms with Crippen LogP contribution in [0.5, 0.6) is 5.75 Å². The van der Waals surface area contributed by atoms with Gasteiger partial charge >= 0.3 is 0 Å². The summed E-state index contributed by atoms with van der Waals surface area (Å²) in [5.41, 5.74) is 2.15. The smallest absolute Gasteiger partial charge is 0.257 e. The van der Waals surface area contributed by atoms with E-state index in [1.54, 1.807) is 0 Å². The van der Waals surface area contributed by atoms with E-state index in [4.69, 9.17) is 9.72 Å². The predicted molar refractivity (Wildman–Crippen MR) is 112 cm³/mol. The molecule has 1 amide bonds. The molecule has 0 radical (unpaired) electrons. The highest BCUT2D eigenvalue weighted by atomic mass is 16.5. The van der Waals surface area contributed by atoms with Crippen LogP contribution >= 0.6 is 0 Å². The van der Waals surface area contributed by atoms with Crippen molar-refractivity contribution < 1.29 is 9.53 Å². The van der Waals surface area contributed by atoms with Crippen molar-refractivity contribution in [3.8, 4) is 5.75 Å². The molecule has 6 heteroatoms. The fourth-order valence-corrected chi connectivity index (χ4v) is 3.14. The Morgan fingerprint density at radius 2 is 1.86 bits per heavy atom. The van der Waals surface area contributed by atoms with Crippen molar-refractivity contribution in [3.05, 3.63) is 60.4 Å². The van der Waals surface area contributed by atoms with Gasteiger partial charge in [-0.15, -0.1) is 0 Å². The van der Waals surface area contributed by atoms with Gasteiger partial charge in [-0.05, 0) is 51.3 Å². The predicted octanol–water partition coefficient (Wildman–Crippen LogP) is 2.73. The monoisotopic (exact) mass is 380 g/mol. The third kappa shape index (κ3) is 5.57. The van der Waals surface area contributed by atoms with Crippen LogP contribution in [0.2, 0.25) is 0 Å². The van der Waals surface area contributed by atoms with Crippen LogP contribution < -0.4 is 10.1 Å². The molecule has 0 bridgehead atoms. The van der Waals surface area contributed by atoms with Gasteiger partial charge in [0.05, 0.1) is 11.0 Å². The Morgan fingerprint density at radius 1 is 1.11 bits per heavy atom. The molecule has 0 saturated heterocycles. The first-order chi connectivity index (χ1) is 13.6. The number of para-hydroxylation sites is 3. The van der Waals surface area contributed by atoms with Crippen molar-refractivity contribution in [2.75, 3.05) is 33.8 Å². The molecule has 0 aliphatic heterocycles. The Kier molecular flexibility index (Phi) is 7.03. The van der Waals surface area contributed by atoms with E-state index in [9.17, 15) is 4.79 Å². The molecule has 6 nitrogen and oxygen atoms in total. The summed E-state index contributed by atoms with van der Waals surface area (Å²) in [6.07, 6.45) is 1.74. The van der Waals surface area contributed by atoms with Crippen molar-refractivity contribution >= 4 is 16.9 Å². The first-order valence-corrected chi connectivity index (χ1v) is 9.67. The normalized spacial score (nSPS) is 11.1. The van der Waals surface area contributed by atoms with E-state index in [2.05, 4.69) is 34.9 Å². The summed E-state index contributed by atoms with van der Waals surface area (Å²) >= 11 is 0. The van der Waals surface area contributed by atoms with Crippen LogP contribution in [0.15, 0.2) is 54.6 Å². The zero-order valence-electron chi connectivity index (χ0n) is 16.6. The number of amides is 1. The third-order valence-electron chi connectivity index (χ3n) is 4.50. The number of nitrogens with one attached hydrogen (secondary N) is 1. The lowest BCUT2D eigenvalue weighted by Gasteiger charge is -2.13. The molecule has 1 aromatic heterocycles. The number of fused-ring (bicyclic) bond motifs is 1. The molecule has 0 aliphatic rings. The summed E-state index contributed by atoms with van der Waals surface area (Å²) < 4.78 is 7.75. The molecular formula is C22H28N4O2. The van der Waals surface area contributed by atoms with Gasteiger partial charge < -0.3 is 19.5 Å². The number of imidazole rings is 1. The quantitative estimate of drug-likeness (QED) is 0.588. The Bertz CT molecular complexity index is 890. The number of aromatic nitrogens is 2. The number of hydrogen-bond acceptors (Lipinski definition) is 4. The first kappa shape index (κ1) is 19.9. The van der Waals surface area contributed by atoms with Crippen LogP contribution in [0.3, 0.4) is 0 Å². The van der Waals surface area contributed by atoms with Crippen LogP contribution in [-0.2, 0) is 17.8 Å². The fraction of sp³-hybridized carbons (Fsp3) is 0.364. The van der Waals surface area contributed by atoms with Crippen molar-refractivity contribution in [1.29, 1.82) is 0 Å². The van der Waals surface area contributed by atoms with E-state index in [0.29, 0.717) is 18.7 Å². The second kappa shape index (κ2) is 9.90. The van der Waals surface area contributed by atoms with Crippen LogP contribution in [-0.4, -0.2) is 54.1 Å². The fourth-order valence-electron chi connectivity index (χ4n) is 3.14. The average molecular weight is 380 g/mol. The molecule has 0 unspecified atom stereocenters. The second-order valence-electron chi connectivity index (χ2n) is 7.03. The molecule has 3 aromatic rings. The molecule has 148 valence electrons. The van der Waals surface area contributed by atoms with Gasteiger partial charge in [0, 0.05) is 19.5 Å². The number of hydrogen-bond donors (Lipinski definition) is 1. The molecule has 0 saturated carbocycles. The molecule has 0 spiro atoms. The Balaban J connectivity index is 1.55. The lowest BCUT2D eigenvalue weighted by molar-refractivity contribution is -0.123. The lowest BCUT2D eigenvalue weighted by Crippen LogP contribution is -2.31. The van der Waals surface area contributed by atoms with E-state index >= 15 is 0 Å². The van der Waals surface area contributed by atoms with Gasteiger partial charge in [0.2, 0.25) is 0 Å². The first-order valence-electron chi connectivity index (χ1n) is 9.67. The molecular weight excluding hydrogens is 352 g/mol. The summed E-state index contributed by atoms with van der Waals surface area (Å²) in [6.45, 7) is 2.50. The van der Waals surface area contributed by atoms with Crippen molar-refractivity contribution in [2.45, 2.75) is 19.4 Å². The number of carbonyl (C=O) groups excluding carboxylic acids is 1. The number of benzene rings is 2. The maximum absolute atomic E-state index is 12.0. The van der Waals surface area contributed by atoms with Crippen molar-refractivity contribution in [1.82, 2.24) is 19.8 Å².